The SMILES string of the molecule is COc1cc([C@@H]2CC(=O)c3c(O)cc(O[C@@H]4O[C@H](CO)[C@@H](O)[C@H](O)[C@H]4O)cc3O2)ccc1O[C@@H]1O[C@H](CO)[C@@H](O)[C@H](O)[C@H]1O. The molecule has 16 nitrogen and oxygen atoms in total. The van der Waals surface area contributed by atoms with Gasteiger partial charge in [-0.3, -0.25) is 4.79 Å². The van der Waals surface area contributed by atoms with Crippen molar-refractivity contribution in [2.75, 3.05) is 20.3 Å². The summed E-state index contributed by atoms with van der Waals surface area (Å²) in [5.41, 5.74) is 0.332. The van der Waals surface area contributed by atoms with Crippen molar-refractivity contribution in [2.24, 2.45) is 0 Å². The Labute approximate surface area is 249 Å². The van der Waals surface area contributed by atoms with Crippen LogP contribution in [-0.2, 0) is 9.47 Å². The van der Waals surface area contributed by atoms with Crippen molar-refractivity contribution in [3.63, 3.8) is 0 Å². The molecule has 5 rings (SSSR count). The highest BCUT2D eigenvalue weighted by atomic mass is 16.7. The van der Waals surface area contributed by atoms with E-state index in [1.54, 1.807) is 6.07 Å². The van der Waals surface area contributed by atoms with Crippen molar-refractivity contribution >= 4 is 5.78 Å². The Morgan fingerprint density at radius 1 is 0.773 bits per heavy atom. The quantitative estimate of drug-likeness (QED) is 0.146. The van der Waals surface area contributed by atoms with Crippen molar-refractivity contribution in [1.82, 2.24) is 0 Å². The Morgan fingerprint density at radius 3 is 1.93 bits per heavy atom. The summed E-state index contributed by atoms with van der Waals surface area (Å²) >= 11 is 0. The monoisotopic (exact) mass is 626 g/mol. The third-order valence-corrected chi connectivity index (χ3v) is 7.73. The molecule has 2 saturated heterocycles. The minimum absolute atomic E-state index is 0.0635. The van der Waals surface area contributed by atoms with Crippen molar-refractivity contribution in [3.8, 4) is 28.7 Å². The van der Waals surface area contributed by atoms with Crippen LogP contribution in [-0.4, -0.2) is 133 Å². The number of aromatic hydroxyl groups is 1. The highest BCUT2D eigenvalue weighted by Crippen LogP contribution is 2.44. The number of carbonyl (C=O) groups excluding carboxylic acids is 1. The van der Waals surface area contributed by atoms with Gasteiger partial charge < -0.3 is 74.4 Å². The zero-order valence-electron chi connectivity index (χ0n) is 23.2. The second kappa shape index (κ2) is 13.0. The van der Waals surface area contributed by atoms with Gasteiger partial charge in [0.2, 0.25) is 12.6 Å². The van der Waals surface area contributed by atoms with Gasteiger partial charge in [-0.05, 0) is 17.7 Å². The number of benzene rings is 2. The first-order valence-electron chi connectivity index (χ1n) is 13.7. The molecule has 3 heterocycles. The molecule has 2 fully saturated rings. The van der Waals surface area contributed by atoms with Gasteiger partial charge in [-0.15, -0.1) is 0 Å². The van der Waals surface area contributed by atoms with Crippen LogP contribution in [0.5, 0.6) is 28.7 Å². The highest BCUT2D eigenvalue weighted by molar-refractivity contribution is 6.02. The zero-order valence-corrected chi connectivity index (χ0v) is 23.2. The van der Waals surface area contributed by atoms with Crippen molar-refractivity contribution in [1.29, 1.82) is 0 Å². The molecule has 0 saturated carbocycles. The summed E-state index contributed by atoms with van der Waals surface area (Å²) in [5, 5.41) is 90.1. The van der Waals surface area contributed by atoms with Gasteiger partial charge in [0.05, 0.1) is 26.7 Å². The fourth-order valence-electron chi connectivity index (χ4n) is 5.24. The predicted molar refractivity (Wildman–Crippen MR) is 142 cm³/mol. The summed E-state index contributed by atoms with van der Waals surface area (Å²) in [4.78, 5) is 13.0. The van der Waals surface area contributed by atoms with E-state index in [2.05, 4.69) is 0 Å². The number of rotatable bonds is 8. The lowest BCUT2D eigenvalue weighted by Gasteiger charge is -2.39. The van der Waals surface area contributed by atoms with Gasteiger partial charge in [0, 0.05) is 12.1 Å². The molecule has 2 aromatic carbocycles. The molecule has 242 valence electrons. The fraction of sp³-hybridized carbons (Fsp3) is 0.536. The maximum Gasteiger partial charge on any atom is 0.229 e. The average Bonchev–Trinajstić information content (AvgIpc) is 3.01. The Hall–Kier alpha value is -3.29. The number of aliphatic hydroxyl groups is 8. The van der Waals surface area contributed by atoms with E-state index in [1.165, 1.54) is 25.3 Å². The predicted octanol–water partition coefficient (Wildman–Crippen LogP) is -2.54. The second-order valence-electron chi connectivity index (χ2n) is 10.6. The Kier molecular flexibility index (Phi) is 9.47. The summed E-state index contributed by atoms with van der Waals surface area (Å²) in [7, 11) is 1.34. The standard InChI is InChI=1S/C28H34O16/c1-39-16-4-10(2-3-14(16)42-28-26(38)24(36)22(34)19(9-30)44-28)15-7-13(32)20-12(31)5-11(6-17(20)41-15)40-27-25(37)23(35)21(33)18(8-29)43-27/h2-6,15,18-19,21-31,33-38H,7-9H2,1H3/t15-,18+,19+,21+,22+,23-,24-,25+,26+,27+,28+/m0/s1. The molecule has 0 spiro atoms. The number of phenolic OH excluding ortho intramolecular Hbond substituents is 1. The average molecular weight is 627 g/mol. The molecule has 44 heavy (non-hydrogen) atoms. The molecule has 0 unspecified atom stereocenters. The largest absolute Gasteiger partial charge is 0.507 e. The Morgan fingerprint density at radius 2 is 1.36 bits per heavy atom. The van der Waals surface area contributed by atoms with Crippen LogP contribution in [0.25, 0.3) is 0 Å². The van der Waals surface area contributed by atoms with E-state index in [9.17, 15) is 50.8 Å². The lowest BCUT2D eigenvalue weighted by molar-refractivity contribution is -0.277. The summed E-state index contributed by atoms with van der Waals surface area (Å²) < 4.78 is 33.4. The molecule has 2 aromatic rings. The van der Waals surface area contributed by atoms with E-state index in [0.717, 1.165) is 6.07 Å². The molecule has 0 aromatic heterocycles. The van der Waals surface area contributed by atoms with Crippen LogP contribution in [0.4, 0.5) is 0 Å². The zero-order chi connectivity index (χ0) is 31.9. The molecule has 3 aliphatic rings. The lowest BCUT2D eigenvalue weighted by Crippen LogP contribution is -2.60. The van der Waals surface area contributed by atoms with Gasteiger partial charge in [-0.2, -0.15) is 0 Å². The Balaban J connectivity index is 1.35. The molecular weight excluding hydrogens is 592 g/mol. The molecule has 0 radical (unpaired) electrons. The molecule has 9 N–H and O–H groups in total. The molecule has 3 aliphatic heterocycles. The number of fused-ring (bicyclic) bond motifs is 1. The van der Waals surface area contributed by atoms with E-state index in [0.29, 0.717) is 5.56 Å². The number of methoxy groups -OCH3 is 1. The van der Waals surface area contributed by atoms with E-state index in [1.807, 2.05) is 0 Å². The number of hydrogen-bond acceptors (Lipinski definition) is 16. The molecular formula is C28H34O16. The van der Waals surface area contributed by atoms with Gasteiger partial charge >= 0.3 is 0 Å². The van der Waals surface area contributed by atoms with Gasteiger partial charge in [-0.1, -0.05) is 6.07 Å². The van der Waals surface area contributed by atoms with Crippen LogP contribution >= 0.6 is 0 Å². The molecule has 0 amide bonds. The van der Waals surface area contributed by atoms with Crippen LogP contribution in [0, 0.1) is 0 Å². The van der Waals surface area contributed by atoms with Crippen LogP contribution in [0.15, 0.2) is 30.3 Å². The first kappa shape index (κ1) is 32.1. The van der Waals surface area contributed by atoms with Crippen LogP contribution in [0.1, 0.15) is 28.4 Å². The van der Waals surface area contributed by atoms with Gasteiger partial charge in [0.15, 0.2) is 17.3 Å². The fourth-order valence-corrected chi connectivity index (χ4v) is 5.24. The third-order valence-electron chi connectivity index (χ3n) is 7.73. The van der Waals surface area contributed by atoms with Gasteiger partial charge in [0.25, 0.3) is 0 Å². The van der Waals surface area contributed by atoms with Crippen molar-refractivity contribution in [2.45, 2.75) is 73.9 Å². The van der Waals surface area contributed by atoms with Crippen LogP contribution in [0.2, 0.25) is 0 Å². The van der Waals surface area contributed by atoms with Crippen molar-refractivity contribution < 1.29 is 79.2 Å². The maximum atomic E-state index is 13.0. The highest BCUT2D eigenvalue weighted by Gasteiger charge is 2.46. The number of phenols is 1. The molecule has 0 bridgehead atoms. The molecule has 16 heteroatoms. The number of hydrogen-bond donors (Lipinski definition) is 9. The summed E-state index contributed by atoms with van der Waals surface area (Å²) in [6, 6.07) is 6.84. The van der Waals surface area contributed by atoms with E-state index in [4.69, 9.17) is 28.4 Å². The topological polar surface area (TPSA) is 255 Å². The molecule has 11 atom stereocenters. The first-order chi connectivity index (χ1) is 21.0. The number of ether oxygens (including phenoxy) is 6. The first-order valence-corrected chi connectivity index (χ1v) is 13.7. The number of carbonyl (C=O) groups is 1. The lowest BCUT2D eigenvalue weighted by atomic mass is 9.95. The minimum Gasteiger partial charge on any atom is -0.507 e. The normalized spacial score (nSPS) is 35.4. The van der Waals surface area contributed by atoms with Crippen molar-refractivity contribution in [3.05, 3.63) is 41.5 Å². The summed E-state index contributed by atoms with van der Waals surface area (Å²) in [6.07, 6.45) is -16.3. The van der Waals surface area contributed by atoms with Crippen LogP contribution in [0.3, 0.4) is 0 Å². The van der Waals surface area contributed by atoms with Gasteiger partial charge in [0.1, 0.15) is 77.7 Å². The maximum absolute atomic E-state index is 13.0. The summed E-state index contributed by atoms with van der Waals surface area (Å²) in [5.74, 6) is -0.925. The minimum atomic E-state index is -1.71. The number of Topliss-reactive ketones (excluding diaryl/α,β-unsaturated/α-hetero) is 1. The van der Waals surface area contributed by atoms with Gasteiger partial charge in [-0.25, -0.2) is 0 Å². The van der Waals surface area contributed by atoms with E-state index >= 15 is 0 Å². The molecule has 0 aliphatic carbocycles. The number of aliphatic hydroxyl groups excluding tert-OH is 8. The third kappa shape index (κ3) is 6.01. The van der Waals surface area contributed by atoms with E-state index < -0.39 is 92.3 Å². The Bertz CT molecular complexity index is 1330. The second-order valence-corrected chi connectivity index (χ2v) is 10.6. The smallest absolute Gasteiger partial charge is 0.229 e. The van der Waals surface area contributed by atoms with E-state index in [-0.39, 0.29) is 35.0 Å². The van der Waals surface area contributed by atoms with Crippen LogP contribution < -0.4 is 18.9 Å². The summed E-state index contributed by atoms with van der Waals surface area (Å²) in [6.45, 7) is -1.31. The number of ketones is 1.